The molecule has 1 aromatic heterocycles. The average molecular weight is 381 g/mol. The number of anilines is 1. The molecule has 0 fully saturated rings. The molecule has 1 heterocycles. The molecule has 0 radical (unpaired) electrons. The zero-order valence-electron chi connectivity index (χ0n) is 11.7. The Kier molecular flexibility index (Phi) is 5.85. The van der Waals surface area contributed by atoms with Crippen molar-refractivity contribution < 1.29 is 14.3 Å². The number of benzene rings is 1. The Morgan fingerprint density at radius 1 is 1.41 bits per heavy atom. The molecule has 0 saturated heterocycles. The van der Waals surface area contributed by atoms with E-state index in [2.05, 4.69) is 26.2 Å². The summed E-state index contributed by atoms with van der Waals surface area (Å²) in [7, 11) is 0. The Balaban J connectivity index is 1.98. The van der Waals surface area contributed by atoms with Crippen LogP contribution in [0.3, 0.4) is 0 Å². The number of aromatic nitrogens is 1. The van der Waals surface area contributed by atoms with Gasteiger partial charge in [-0.1, -0.05) is 34.1 Å². The summed E-state index contributed by atoms with van der Waals surface area (Å²) >= 11 is 4.57. The van der Waals surface area contributed by atoms with E-state index in [1.54, 1.807) is 18.4 Å². The topological polar surface area (TPSA) is 68.3 Å². The Labute approximate surface area is 140 Å². The summed E-state index contributed by atoms with van der Waals surface area (Å²) in [6, 6.07) is 7.56. The number of carbonyl (C=O) groups is 2. The lowest BCUT2D eigenvalue weighted by atomic mass is 10.2. The first-order valence-corrected chi connectivity index (χ1v) is 8.13. The molecule has 0 spiro atoms. The van der Waals surface area contributed by atoms with E-state index >= 15 is 0 Å². The fraction of sp³-hybridized carbons (Fsp3) is 0.133. The molecule has 1 N–H and O–H groups in total. The van der Waals surface area contributed by atoms with Crippen LogP contribution in [-0.4, -0.2) is 23.5 Å². The smallest absolute Gasteiger partial charge is 0.357 e. The molecule has 1 aromatic carbocycles. The number of nitrogens with zero attached hydrogens (tertiary/aromatic N) is 1. The standard InChI is InChI=1S/C15H13BrN2O3S/c1-2-21-14(20)12-9-22-15(17-12)18-13(19)8-7-10-5-3-4-6-11(10)16/h3-9H,2H2,1H3,(H,17,18,19)/b8-7+. The quantitative estimate of drug-likeness (QED) is 0.633. The van der Waals surface area contributed by atoms with Gasteiger partial charge in [0.1, 0.15) is 0 Å². The van der Waals surface area contributed by atoms with Gasteiger partial charge in [-0.25, -0.2) is 9.78 Å². The summed E-state index contributed by atoms with van der Waals surface area (Å²) in [5.41, 5.74) is 1.08. The Bertz CT molecular complexity index is 712. The molecule has 0 bridgehead atoms. The highest BCUT2D eigenvalue weighted by atomic mass is 79.9. The molecule has 2 rings (SSSR count). The third kappa shape index (κ3) is 4.51. The first-order chi connectivity index (χ1) is 10.6. The van der Waals surface area contributed by atoms with Gasteiger partial charge >= 0.3 is 5.97 Å². The minimum absolute atomic E-state index is 0.192. The summed E-state index contributed by atoms with van der Waals surface area (Å²) in [4.78, 5) is 27.3. The maximum atomic E-state index is 11.8. The van der Waals surface area contributed by atoms with E-state index < -0.39 is 5.97 Å². The molecule has 22 heavy (non-hydrogen) atoms. The number of nitrogens with one attached hydrogen (secondary N) is 1. The highest BCUT2D eigenvalue weighted by Gasteiger charge is 2.12. The van der Waals surface area contributed by atoms with Gasteiger partial charge in [0.2, 0.25) is 5.91 Å². The SMILES string of the molecule is CCOC(=O)c1csc(NC(=O)/C=C/c2ccccc2Br)n1. The van der Waals surface area contributed by atoms with Gasteiger partial charge in [0.05, 0.1) is 6.61 Å². The zero-order chi connectivity index (χ0) is 15.9. The van der Waals surface area contributed by atoms with Gasteiger partial charge in [0.15, 0.2) is 10.8 Å². The molecular formula is C15H13BrN2O3S. The Morgan fingerprint density at radius 2 is 2.18 bits per heavy atom. The third-order valence-electron chi connectivity index (χ3n) is 2.54. The number of amides is 1. The number of thiazole rings is 1. The summed E-state index contributed by atoms with van der Waals surface area (Å²) in [6.07, 6.45) is 3.10. The molecule has 0 saturated carbocycles. The van der Waals surface area contributed by atoms with Crippen LogP contribution in [0.25, 0.3) is 6.08 Å². The molecule has 0 aliphatic heterocycles. The molecule has 5 nitrogen and oxygen atoms in total. The van der Waals surface area contributed by atoms with E-state index in [-0.39, 0.29) is 18.2 Å². The number of halogens is 1. The van der Waals surface area contributed by atoms with Crippen molar-refractivity contribution in [2.45, 2.75) is 6.92 Å². The third-order valence-corrected chi connectivity index (χ3v) is 4.02. The van der Waals surface area contributed by atoms with Gasteiger partial charge in [-0.2, -0.15) is 0 Å². The van der Waals surface area contributed by atoms with Crippen LogP contribution < -0.4 is 5.32 Å². The molecule has 0 unspecified atom stereocenters. The summed E-state index contributed by atoms with van der Waals surface area (Å²) in [5.74, 6) is -0.816. The van der Waals surface area contributed by atoms with Crippen LogP contribution in [0.5, 0.6) is 0 Å². The van der Waals surface area contributed by atoms with E-state index in [1.807, 2.05) is 24.3 Å². The van der Waals surface area contributed by atoms with E-state index in [0.29, 0.717) is 5.13 Å². The molecule has 0 aliphatic rings. The average Bonchev–Trinajstić information content (AvgIpc) is 2.95. The van der Waals surface area contributed by atoms with Crippen molar-refractivity contribution in [1.82, 2.24) is 4.98 Å². The zero-order valence-corrected chi connectivity index (χ0v) is 14.1. The van der Waals surface area contributed by atoms with Crippen LogP contribution in [0.15, 0.2) is 40.2 Å². The minimum atomic E-state index is -0.497. The number of rotatable bonds is 5. The van der Waals surface area contributed by atoms with Crippen LogP contribution in [0, 0.1) is 0 Å². The van der Waals surface area contributed by atoms with Crippen LogP contribution in [0.2, 0.25) is 0 Å². The highest BCUT2D eigenvalue weighted by Crippen LogP contribution is 2.18. The van der Waals surface area contributed by atoms with Crippen LogP contribution >= 0.6 is 27.3 Å². The van der Waals surface area contributed by atoms with E-state index in [4.69, 9.17) is 4.74 Å². The van der Waals surface area contributed by atoms with Crippen molar-refractivity contribution in [3.05, 3.63) is 51.5 Å². The first kappa shape index (κ1) is 16.4. The largest absolute Gasteiger partial charge is 0.461 e. The fourth-order valence-electron chi connectivity index (χ4n) is 1.55. The predicted molar refractivity (Wildman–Crippen MR) is 89.9 cm³/mol. The van der Waals surface area contributed by atoms with Crippen molar-refractivity contribution in [3.63, 3.8) is 0 Å². The molecule has 114 valence electrons. The molecule has 0 atom stereocenters. The molecule has 1 amide bonds. The van der Waals surface area contributed by atoms with Crippen molar-refractivity contribution in [1.29, 1.82) is 0 Å². The first-order valence-electron chi connectivity index (χ1n) is 6.46. The maximum Gasteiger partial charge on any atom is 0.357 e. The number of ether oxygens (including phenoxy) is 1. The van der Waals surface area contributed by atoms with E-state index in [9.17, 15) is 9.59 Å². The summed E-state index contributed by atoms with van der Waals surface area (Å²) < 4.78 is 5.74. The monoisotopic (exact) mass is 380 g/mol. The molecular weight excluding hydrogens is 368 g/mol. The van der Waals surface area contributed by atoms with E-state index in [0.717, 1.165) is 10.0 Å². The summed E-state index contributed by atoms with van der Waals surface area (Å²) in [6.45, 7) is 2.01. The Morgan fingerprint density at radius 3 is 2.91 bits per heavy atom. The lowest BCUT2D eigenvalue weighted by molar-refractivity contribution is -0.111. The van der Waals surface area contributed by atoms with Crippen LogP contribution in [-0.2, 0) is 9.53 Å². The number of esters is 1. The van der Waals surface area contributed by atoms with Crippen LogP contribution in [0.4, 0.5) is 5.13 Å². The number of hydrogen-bond acceptors (Lipinski definition) is 5. The van der Waals surface area contributed by atoms with Crippen molar-refractivity contribution in [2.24, 2.45) is 0 Å². The number of carbonyl (C=O) groups excluding carboxylic acids is 2. The van der Waals surface area contributed by atoms with Crippen molar-refractivity contribution in [2.75, 3.05) is 11.9 Å². The molecule has 2 aromatic rings. The summed E-state index contributed by atoms with van der Waals surface area (Å²) in [5, 5.41) is 4.51. The van der Waals surface area contributed by atoms with E-state index in [1.165, 1.54) is 17.4 Å². The lowest BCUT2D eigenvalue weighted by Gasteiger charge is -1.98. The van der Waals surface area contributed by atoms with Gasteiger partial charge in [0.25, 0.3) is 0 Å². The van der Waals surface area contributed by atoms with Gasteiger partial charge < -0.3 is 4.74 Å². The van der Waals surface area contributed by atoms with Crippen molar-refractivity contribution >= 4 is 50.4 Å². The second-order valence-electron chi connectivity index (χ2n) is 4.10. The van der Waals surface area contributed by atoms with Gasteiger partial charge in [0, 0.05) is 15.9 Å². The van der Waals surface area contributed by atoms with Gasteiger partial charge in [-0.15, -0.1) is 11.3 Å². The molecule has 0 aliphatic carbocycles. The van der Waals surface area contributed by atoms with Crippen molar-refractivity contribution in [3.8, 4) is 0 Å². The fourth-order valence-corrected chi connectivity index (χ4v) is 2.65. The highest BCUT2D eigenvalue weighted by molar-refractivity contribution is 9.10. The molecule has 7 heteroatoms. The predicted octanol–water partition coefficient (Wildman–Crippen LogP) is 3.73. The van der Waals surface area contributed by atoms with Crippen LogP contribution in [0.1, 0.15) is 23.0 Å². The Hall–Kier alpha value is -1.99. The minimum Gasteiger partial charge on any atom is -0.461 e. The number of hydrogen-bond donors (Lipinski definition) is 1. The van der Waals surface area contributed by atoms with Gasteiger partial charge in [-0.3, -0.25) is 10.1 Å². The van der Waals surface area contributed by atoms with Gasteiger partial charge in [-0.05, 0) is 24.6 Å². The lowest BCUT2D eigenvalue weighted by Crippen LogP contribution is -2.09. The second kappa shape index (κ2) is 7.86. The maximum absolute atomic E-state index is 11.8. The second-order valence-corrected chi connectivity index (χ2v) is 5.81. The normalized spacial score (nSPS) is 10.6.